The molecule has 1 aliphatic heterocycles. The van der Waals surface area contributed by atoms with E-state index in [9.17, 15) is 5.11 Å². The van der Waals surface area contributed by atoms with Crippen LogP contribution in [0.15, 0.2) is 6.33 Å². The Labute approximate surface area is 70.4 Å². The molecule has 0 aliphatic carbocycles. The van der Waals surface area contributed by atoms with E-state index in [-0.39, 0.29) is 0 Å². The molecule has 0 spiro atoms. The van der Waals surface area contributed by atoms with E-state index in [1.807, 2.05) is 0 Å². The summed E-state index contributed by atoms with van der Waals surface area (Å²) < 4.78 is 1.62. The summed E-state index contributed by atoms with van der Waals surface area (Å²) in [5, 5.41) is 17.1. The van der Waals surface area contributed by atoms with Gasteiger partial charge in [-0.1, -0.05) is 0 Å². The van der Waals surface area contributed by atoms with Gasteiger partial charge in [0, 0.05) is 13.6 Å². The average Bonchev–Trinajstić information content (AvgIpc) is 2.59. The zero-order valence-electron chi connectivity index (χ0n) is 6.99. The van der Waals surface area contributed by atoms with E-state index in [4.69, 9.17) is 0 Å². The van der Waals surface area contributed by atoms with Crippen molar-refractivity contribution in [3.63, 3.8) is 0 Å². The Morgan fingerprint density at radius 1 is 1.75 bits per heavy atom. The molecule has 2 heterocycles. The molecular formula is C7H12N4O. The maximum absolute atomic E-state index is 10.0. The molecule has 1 saturated heterocycles. The first-order valence-electron chi connectivity index (χ1n) is 4.00. The van der Waals surface area contributed by atoms with Gasteiger partial charge in [0.2, 0.25) is 0 Å². The van der Waals surface area contributed by atoms with Gasteiger partial charge >= 0.3 is 0 Å². The first kappa shape index (κ1) is 7.70. The van der Waals surface area contributed by atoms with Crippen molar-refractivity contribution in [3.8, 4) is 0 Å². The SMILES string of the molecule is Cn1ncnc1C1(O)CCNC1. The summed E-state index contributed by atoms with van der Waals surface area (Å²) in [5.74, 6) is 0.646. The van der Waals surface area contributed by atoms with Gasteiger partial charge in [0.05, 0.1) is 0 Å². The van der Waals surface area contributed by atoms with E-state index in [0.717, 1.165) is 6.54 Å². The number of hydrogen-bond acceptors (Lipinski definition) is 4. The molecule has 66 valence electrons. The minimum atomic E-state index is -0.814. The van der Waals surface area contributed by atoms with Crippen LogP contribution in [-0.2, 0) is 12.6 Å². The smallest absolute Gasteiger partial charge is 0.159 e. The molecule has 0 amide bonds. The van der Waals surface area contributed by atoms with Crippen LogP contribution in [0.4, 0.5) is 0 Å². The van der Waals surface area contributed by atoms with Crippen LogP contribution in [0.25, 0.3) is 0 Å². The molecule has 1 fully saturated rings. The van der Waals surface area contributed by atoms with Crippen LogP contribution in [0.5, 0.6) is 0 Å². The van der Waals surface area contributed by atoms with Crippen molar-refractivity contribution in [2.24, 2.45) is 7.05 Å². The van der Waals surface area contributed by atoms with Crippen molar-refractivity contribution in [2.45, 2.75) is 12.0 Å². The molecule has 0 bridgehead atoms. The van der Waals surface area contributed by atoms with Crippen molar-refractivity contribution in [1.82, 2.24) is 20.1 Å². The van der Waals surface area contributed by atoms with Gasteiger partial charge in [-0.2, -0.15) is 5.10 Å². The molecular weight excluding hydrogens is 156 g/mol. The fourth-order valence-corrected chi connectivity index (χ4v) is 1.59. The predicted molar refractivity (Wildman–Crippen MR) is 42.4 cm³/mol. The Kier molecular flexibility index (Phi) is 1.62. The molecule has 5 nitrogen and oxygen atoms in total. The van der Waals surface area contributed by atoms with E-state index in [1.165, 1.54) is 6.33 Å². The maximum atomic E-state index is 10.0. The van der Waals surface area contributed by atoms with Crippen LogP contribution < -0.4 is 5.32 Å². The van der Waals surface area contributed by atoms with Crippen molar-refractivity contribution in [2.75, 3.05) is 13.1 Å². The number of aryl methyl sites for hydroxylation is 1. The lowest BCUT2D eigenvalue weighted by Gasteiger charge is -2.19. The second-order valence-corrected chi connectivity index (χ2v) is 3.17. The Balaban J connectivity index is 2.34. The minimum absolute atomic E-state index is 0.569. The fraction of sp³-hybridized carbons (Fsp3) is 0.714. The highest BCUT2D eigenvalue weighted by Crippen LogP contribution is 2.24. The highest BCUT2D eigenvalue weighted by Gasteiger charge is 2.36. The van der Waals surface area contributed by atoms with Gasteiger partial charge in [-0.25, -0.2) is 4.98 Å². The molecule has 0 saturated carbocycles. The maximum Gasteiger partial charge on any atom is 0.159 e. The molecule has 1 unspecified atom stereocenters. The van der Waals surface area contributed by atoms with Gasteiger partial charge in [-0.3, -0.25) is 4.68 Å². The first-order valence-corrected chi connectivity index (χ1v) is 4.00. The normalized spacial score (nSPS) is 29.5. The highest BCUT2D eigenvalue weighted by atomic mass is 16.3. The first-order chi connectivity index (χ1) is 5.72. The minimum Gasteiger partial charge on any atom is -0.380 e. The number of nitrogens with one attached hydrogen (secondary N) is 1. The van der Waals surface area contributed by atoms with Crippen molar-refractivity contribution < 1.29 is 5.11 Å². The zero-order chi connectivity index (χ0) is 8.60. The molecule has 1 atom stereocenters. The summed E-state index contributed by atoms with van der Waals surface area (Å²) in [7, 11) is 1.79. The summed E-state index contributed by atoms with van der Waals surface area (Å²) in [6.07, 6.45) is 2.17. The predicted octanol–water partition coefficient (Wildman–Crippen LogP) is -1.00. The Hall–Kier alpha value is -0.940. The van der Waals surface area contributed by atoms with Gasteiger partial charge in [-0.05, 0) is 13.0 Å². The Morgan fingerprint density at radius 3 is 3.08 bits per heavy atom. The lowest BCUT2D eigenvalue weighted by atomic mass is 10.0. The summed E-state index contributed by atoms with van der Waals surface area (Å²) in [6.45, 7) is 1.41. The Morgan fingerprint density at radius 2 is 2.58 bits per heavy atom. The lowest BCUT2D eigenvalue weighted by molar-refractivity contribution is 0.0454. The van der Waals surface area contributed by atoms with Crippen LogP contribution in [-0.4, -0.2) is 33.0 Å². The van der Waals surface area contributed by atoms with E-state index < -0.39 is 5.60 Å². The molecule has 1 aromatic rings. The summed E-state index contributed by atoms with van der Waals surface area (Å²) in [5.41, 5.74) is -0.814. The molecule has 12 heavy (non-hydrogen) atoms. The topological polar surface area (TPSA) is 63.0 Å². The van der Waals surface area contributed by atoms with E-state index in [2.05, 4.69) is 15.4 Å². The standard InChI is InChI=1S/C7H12N4O/c1-11-6(9-5-10-11)7(12)2-3-8-4-7/h5,8,12H,2-4H2,1H3. The molecule has 2 rings (SSSR count). The molecule has 5 heteroatoms. The number of nitrogens with zero attached hydrogens (tertiary/aromatic N) is 3. The van der Waals surface area contributed by atoms with Gasteiger partial charge in [0.1, 0.15) is 11.9 Å². The monoisotopic (exact) mass is 168 g/mol. The molecule has 0 aromatic carbocycles. The van der Waals surface area contributed by atoms with Crippen molar-refractivity contribution >= 4 is 0 Å². The van der Waals surface area contributed by atoms with Gasteiger partial charge in [-0.15, -0.1) is 0 Å². The van der Waals surface area contributed by atoms with E-state index >= 15 is 0 Å². The number of hydrogen-bond donors (Lipinski definition) is 2. The van der Waals surface area contributed by atoms with Gasteiger partial charge in [0.25, 0.3) is 0 Å². The largest absolute Gasteiger partial charge is 0.380 e. The van der Waals surface area contributed by atoms with E-state index in [1.54, 1.807) is 11.7 Å². The average molecular weight is 168 g/mol. The van der Waals surface area contributed by atoms with Crippen LogP contribution >= 0.6 is 0 Å². The highest BCUT2D eigenvalue weighted by molar-refractivity contribution is 5.05. The van der Waals surface area contributed by atoms with Crippen molar-refractivity contribution in [3.05, 3.63) is 12.2 Å². The van der Waals surface area contributed by atoms with Crippen LogP contribution in [0.3, 0.4) is 0 Å². The molecule has 2 N–H and O–H groups in total. The summed E-state index contributed by atoms with van der Waals surface area (Å²) in [4.78, 5) is 4.03. The third-order valence-corrected chi connectivity index (χ3v) is 2.26. The summed E-state index contributed by atoms with van der Waals surface area (Å²) in [6, 6.07) is 0. The quantitative estimate of drug-likeness (QED) is 0.564. The summed E-state index contributed by atoms with van der Waals surface area (Å²) >= 11 is 0. The Bertz CT molecular complexity index is 277. The zero-order valence-corrected chi connectivity index (χ0v) is 6.99. The molecule has 0 radical (unpaired) electrons. The van der Waals surface area contributed by atoms with Crippen molar-refractivity contribution in [1.29, 1.82) is 0 Å². The fourth-order valence-electron chi connectivity index (χ4n) is 1.59. The number of aliphatic hydroxyl groups is 1. The number of aromatic nitrogens is 3. The number of β-amino-alcohol motifs (C(OH)–C–C–N with tert-alkyl or cyclic N) is 1. The lowest BCUT2D eigenvalue weighted by Crippen LogP contribution is -2.31. The van der Waals surface area contributed by atoms with Gasteiger partial charge in [0.15, 0.2) is 5.82 Å². The van der Waals surface area contributed by atoms with Crippen LogP contribution in [0.2, 0.25) is 0 Å². The van der Waals surface area contributed by atoms with E-state index in [0.29, 0.717) is 18.8 Å². The molecule has 1 aliphatic rings. The third kappa shape index (κ3) is 1.02. The van der Waals surface area contributed by atoms with Crippen LogP contribution in [0.1, 0.15) is 12.2 Å². The van der Waals surface area contributed by atoms with Crippen LogP contribution in [0, 0.1) is 0 Å². The van der Waals surface area contributed by atoms with Gasteiger partial charge < -0.3 is 10.4 Å². The second-order valence-electron chi connectivity index (χ2n) is 3.17. The molecule has 1 aromatic heterocycles. The second kappa shape index (κ2) is 2.53. The third-order valence-electron chi connectivity index (χ3n) is 2.26. The number of rotatable bonds is 1.